The Morgan fingerprint density at radius 1 is 0.879 bits per heavy atom. The highest BCUT2D eigenvalue weighted by Gasteiger charge is 2.36. The van der Waals surface area contributed by atoms with Gasteiger partial charge in [-0.25, -0.2) is 0 Å². The van der Waals surface area contributed by atoms with E-state index in [9.17, 15) is 5.11 Å². The number of nitrogens with zero attached hydrogens (tertiary/aromatic N) is 2. The van der Waals surface area contributed by atoms with Crippen LogP contribution in [0.3, 0.4) is 0 Å². The zero-order valence-electron chi connectivity index (χ0n) is 18.9. The number of hydrogen-bond acceptors (Lipinski definition) is 6. The summed E-state index contributed by atoms with van der Waals surface area (Å²) in [4.78, 5) is 0. The summed E-state index contributed by atoms with van der Waals surface area (Å²) in [6.45, 7) is 3.14. The summed E-state index contributed by atoms with van der Waals surface area (Å²) in [7, 11) is 0. The molecule has 2 fully saturated rings. The first-order valence-electron chi connectivity index (χ1n) is 11.8. The van der Waals surface area contributed by atoms with Crippen molar-refractivity contribution >= 4 is 0 Å². The highest BCUT2D eigenvalue weighted by molar-refractivity contribution is 5.44. The molecule has 0 bridgehead atoms. The average Bonchev–Trinajstić information content (AvgIpc) is 2.83. The number of aliphatic hydroxyl groups is 1. The summed E-state index contributed by atoms with van der Waals surface area (Å²) in [5, 5.41) is 17.6. The zero-order valence-corrected chi connectivity index (χ0v) is 18.9. The van der Waals surface area contributed by atoms with Gasteiger partial charge in [0.05, 0.1) is 17.9 Å². The first-order chi connectivity index (χ1) is 16.1. The number of rotatable bonds is 7. The molecule has 1 N–H and O–H groups in total. The van der Waals surface area contributed by atoms with Crippen LogP contribution < -0.4 is 9.47 Å². The molecule has 172 valence electrons. The van der Waals surface area contributed by atoms with E-state index in [2.05, 4.69) is 46.6 Å². The highest BCUT2D eigenvalue weighted by Crippen LogP contribution is 2.42. The molecule has 1 atom stereocenters. The molecule has 0 radical (unpaired) electrons. The number of aromatic nitrogens is 2. The average molecular weight is 447 g/mol. The maximum atomic E-state index is 9.59. The largest absolute Gasteiger partial charge is 0.490 e. The van der Waals surface area contributed by atoms with Gasteiger partial charge in [0.2, 0.25) is 5.88 Å². The van der Waals surface area contributed by atoms with Gasteiger partial charge in [-0.05, 0) is 80.5 Å². The third-order valence-electron chi connectivity index (χ3n) is 6.83. The Bertz CT molecular complexity index is 1040. The summed E-state index contributed by atoms with van der Waals surface area (Å²) >= 11 is 0. The van der Waals surface area contributed by atoms with Gasteiger partial charge in [-0.15, -0.1) is 10.2 Å². The van der Waals surface area contributed by atoms with Gasteiger partial charge in [-0.2, -0.15) is 0 Å². The summed E-state index contributed by atoms with van der Waals surface area (Å²) in [5.41, 5.74) is 2.97. The van der Waals surface area contributed by atoms with Crippen molar-refractivity contribution < 1.29 is 19.3 Å². The molecule has 1 unspecified atom stereocenters. The molecule has 1 aliphatic heterocycles. The molecule has 0 spiro atoms. The second-order valence-corrected chi connectivity index (χ2v) is 8.99. The quantitative estimate of drug-likeness (QED) is 0.527. The van der Waals surface area contributed by atoms with Crippen LogP contribution >= 0.6 is 0 Å². The van der Waals surface area contributed by atoms with E-state index in [0.717, 1.165) is 44.6 Å². The molecule has 6 heteroatoms. The molecular formula is C27H30N2O4. The Hall–Kier alpha value is -2.96. The lowest BCUT2D eigenvalue weighted by atomic mass is 9.69. The lowest BCUT2D eigenvalue weighted by molar-refractivity contribution is 0.0630. The van der Waals surface area contributed by atoms with Crippen LogP contribution in [0, 0.1) is 0 Å². The Morgan fingerprint density at radius 3 is 2.03 bits per heavy atom. The van der Waals surface area contributed by atoms with Crippen molar-refractivity contribution in [3.05, 3.63) is 77.5 Å². The van der Waals surface area contributed by atoms with E-state index in [-0.39, 0.29) is 5.41 Å². The minimum Gasteiger partial charge on any atom is -0.490 e. The van der Waals surface area contributed by atoms with E-state index in [1.807, 2.05) is 12.1 Å². The maximum Gasteiger partial charge on any atom is 0.238 e. The number of aliphatic hydroxyl groups excluding tert-OH is 1. The molecule has 2 heterocycles. The molecule has 33 heavy (non-hydrogen) atoms. The zero-order chi connectivity index (χ0) is 22.7. The smallest absolute Gasteiger partial charge is 0.238 e. The predicted octanol–water partition coefficient (Wildman–Crippen LogP) is 5.35. The van der Waals surface area contributed by atoms with Crippen LogP contribution in [-0.2, 0) is 10.2 Å². The van der Waals surface area contributed by atoms with Crippen molar-refractivity contribution in [1.29, 1.82) is 0 Å². The maximum absolute atomic E-state index is 9.59. The van der Waals surface area contributed by atoms with Gasteiger partial charge in [-0.3, -0.25) is 0 Å². The Kier molecular flexibility index (Phi) is 6.29. The van der Waals surface area contributed by atoms with Gasteiger partial charge in [0.25, 0.3) is 0 Å². The van der Waals surface area contributed by atoms with Gasteiger partial charge in [0.1, 0.15) is 11.5 Å². The summed E-state index contributed by atoms with van der Waals surface area (Å²) < 4.78 is 17.6. The van der Waals surface area contributed by atoms with Crippen LogP contribution in [0.1, 0.15) is 62.0 Å². The fraction of sp³-hybridized carbons (Fsp3) is 0.407. The molecule has 6 nitrogen and oxygen atoms in total. The molecule has 1 saturated heterocycles. The molecule has 1 aliphatic carbocycles. The minimum absolute atomic E-state index is 0.0928. The van der Waals surface area contributed by atoms with Crippen LogP contribution in [0.5, 0.6) is 17.4 Å². The second-order valence-electron chi connectivity index (χ2n) is 8.99. The molecule has 1 aromatic heterocycles. The molecule has 2 aromatic carbocycles. The molecule has 1 saturated carbocycles. The van der Waals surface area contributed by atoms with E-state index < -0.39 is 6.10 Å². The van der Waals surface area contributed by atoms with Crippen LogP contribution in [0.25, 0.3) is 0 Å². The molecular weight excluding hydrogens is 416 g/mol. The summed E-state index contributed by atoms with van der Waals surface area (Å²) in [5.74, 6) is 2.05. The normalized spacial score (nSPS) is 18.8. The Balaban J connectivity index is 1.35. The van der Waals surface area contributed by atoms with Gasteiger partial charge < -0.3 is 19.3 Å². The number of hydrogen-bond donors (Lipinski definition) is 1. The van der Waals surface area contributed by atoms with Crippen LogP contribution in [0.4, 0.5) is 0 Å². The first-order valence-corrected chi connectivity index (χ1v) is 11.8. The van der Waals surface area contributed by atoms with Crippen molar-refractivity contribution in [2.75, 3.05) is 13.2 Å². The van der Waals surface area contributed by atoms with Gasteiger partial charge in [0, 0.05) is 24.7 Å². The Labute approximate surface area is 194 Å². The third-order valence-corrected chi connectivity index (χ3v) is 6.83. The van der Waals surface area contributed by atoms with Gasteiger partial charge >= 0.3 is 0 Å². The fourth-order valence-electron chi connectivity index (χ4n) is 4.57. The van der Waals surface area contributed by atoms with E-state index >= 15 is 0 Å². The SMILES string of the molecule is CC(O)c1ccc(Oc2ccc(C3(c4ccc(OC5CCC5)cc4)CCOCC3)cc2)nn1. The second kappa shape index (κ2) is 9.49. The van der Waals surface area contributed by atoms with Crippen LogP contribution in [0.2, 0.25) is 0 Å². The van der Waals surface area contributed by atoms with Crippen LogP contribution in [0.15, 0.2) is 60.7 Å². The molecule has 5 rings (SSSR count). The number of ether oxygens (including phenoxy) is 3. The van der Waals surface area contributed by atoms with E-state index in [0.29, 0.717) is 23.4 Å². The van der Waals surface area contributed by atoms with Crippen molar-refractivity contribution in [2.24, 2.45) is 0 Å². The Morgan fingerprint density at radius 2 is 1.52 bits per heavy atom. The van der Waals surface area contributed by atoms with Crippen LogP contribution in [-0.4, -0.2) is 34.6 Å². The monoisotopic (exact) mass is 446 g/mol. The first kappa shape index (κ1) is 21.9. The highest BCUT2D eigenvalue weighted by atomic mass is 16.5. The predicted molar refractivity (Wildman–Crippen MR) is 125 cm³/mol. The van der Waals surface area contributed by atoms with E-state index in [4.69, 9.17) is 14.2 Å². The lowest BCUT2D eigenvalue weighted by Crippen LogP contribution is -2.35. The van der Waals surface area contributed by atoms with E-state index in [1.165, 1.54) is 17.5 Å². The molecule has 0 amide bonds. The fourth-order valence-corrected chi connectivity index (χ4v) is 4.57. The standard InChI is InChI=1S/C27H30N2O4/c1-19(30)25-13-14-26(29-28-25)33-24-11-7-21(8-12-24)27(15-17-31-18-16-27)20-5-9-23(10-6-20)32-22-3-2-4-22/h5-14,19,22,30H,2-4,15-18H2,1H3. The number of benzene rings is 2. The summed E-state index contributed by atoms with van der Waals surface area (Å²) in [6.07, 6.45) is 5.19. The summed E-state index contributed by atoms with van der Waals surface area (Å²) in [6, 6.07) is 20.3. The third kappa shape index (κ3) is 4.72. The van der Waals surface area contributed by atoms with Crippen molar-refractivity contribution in [2.45, 2.75) is 56.7 Å². The topological polar surface area (TPSA) is 73.7 Å². The molecule has 2 aliphatic rings. The van der Waals surface area contributed by atoms with Crippen molar-refractivity contribution in [1.82, 2.24) is 10.2 Å². The van der Waals surface area contributed by atoms with Crippen molar-refractivity contribution in [3.63, 3.8) is 0 Å². The van der Waals surface area contributed by atoms with E-state index in [1.54, 1.807) is 19.1 Å². The van der Waals surface area contributed by atoms with Gasteiger partial charge in [-0.1, -0.05) is 24.3 Å². The van der Waals surface area contributed by atoms with Gasteiger partial charge in [0.15, 0.2) is 0 Å². The lowest BCUT2D eigenvalue weighted by Gasteiger charge is -2.38. The molecule has 3 aromatic rings. The van der Waals surface area contributed by atoms with Crippen molar-refractivity contribution in [3.8, 4) is 17.4 Å². The minimum atomic E-state index is -0.652.